The van der Waals surface area contributed by atoms with Crippen LogP contribution in [0.15, 0.2) is 46.4 Å². The highest BCUT2D eigenvalue weighted by molar-refractivity contribution is 6.41. The Balaban J connectivity index is 1.68. The summed E-state index contributed by atoms with van der Waals surface area (Å²) < 4.78 is 5.66. The summed E-state index contributed by atoms with van der Waals surface area (Å²) >= 11 is 6.30. The Labute approximate surface area is 194 Å². The summed E-state index contributed by atoms with van der Waals surface area (Å²) in [5.74, 6) is 0.533. The molecule has 5 rings (SSSR count). The van der Waals surface area contributed by atoms with Crippen LogP contribution in [0, 0.1) is 16.7 Å². The average molecular weight is 447 g/mol. The van der Waals surface area contributed by atoms with Crippen LogP contribution in [-0.2, 0) is 16.8 Å². The minimum atomic E-state index is -0.694. The molecule has 0 unspecified atom stereocenters. The van der Waals surface area contributed by atoms with Crippen molar-refractivity contribution in [1.29, 1.82) is 5.26 Å². The van der Waals surface area contributed by atoms with E-state index >= 15 is 0 Å². The molecule has 1 fully saturated rings. The predicted molar refractivity (Wildman–Crippen MR) is 128 cm³/mol. The summed E-state index contributed by atoms with van der Waals surface area (Å²) in [5.41, 5.74) is 11.3. The van der Waals surface area contributed by atoms with Crippen LogP contribution in [0.3, 0.4) is 0 Å². The van der Waals surface area contributed by atoms with E-state index < -0.39 is 5.66 Å². The van der Waals surface area contributed by atoms with Gasteiger partial charge >= 0.3 is 0 Å². The van der Waals surface area contributed by atoms with Crippen LogP contribution in [-0.4, -0.2) is 24.8 Å². The van der Waals surface area contributed by atoms with Gasteiger partial charge in [0.25, 0.3) is 0 Å². The van der Waals surface area contributed by atoms with Gasteiger partial charge in [0.05, 0.1) is 23.4 Å². The molecule has 2 aromatic rings. The van der Waals surface area contributed by atoms with Gasteiger partial charge in [-0.1, -0.05) is 23.7 Å². The lowest BCUT2D eigenvalue weighted by atomic mass is 9.57. The smallest absolute Gasteiger partial charge is 0.184 e. The number of aryl methyl sites for hydroxylation is 1. The number of methoxy groups -OCH3 is 1. The summed E-state index contributed by atoms with van der Waals surface area (Å²) in [7, 11) is 1.80. The molecule has 0 saturated heterocycles. The van der Waals surface area contributed by atoms with Gasteiger partial charge in [-0.25, -0.2) is 4.99 Å². The van der Waals surface area contributed by atoms with Crippen molar-refractivity contribution in [2.24, 2.45) is 21.1 Å². The Morgan fingerprint density at radius 1 is 1.09 bits per heavy atom. The molecular formula is C26H27ClN4O. The molecule has 5 nitrogen and oxygen atoms in total. The molecule has 164 valence electrons. The van der Waals surface area contributed by atoms with Crippen molar-refractivity contribution < 1.29 is 4.74 Å². The van der Waals surface area contributed by atoms with Crippen LogP contribution < -0.4 is 5.73 Å². The topological polar surface area (TPSA) is 83.8 Å². The second kappa shape index (κ2) is 7.72. The Kier molecular flexibility index (Phi) is 5.11. The number of fused-ring (bicyclic) bond motifs is 3. The number of ether oxygens (including phenoxy) is 1. The molecule has 0 bridgehead atoms. The van der Waals surface area contributed by atoms with Gasteiger partial charge in [-0.3, -0.25) is 4.99 Å². The maximum Gasteiger partial charge on any atom is 0.184 e. The summed E-state index contributed by atoms with van der Waals surface area (Å²) in [6, 6.07) is 14.2. The first-order valence-electron chi connectivity index (χ1n) is 11.2. The van der Waals surface area contributed by atoms with Gasteiger partial charge in [-0.15, -0.1) is 0 Å². The fourth-order valence-corrected chi connectivity index (χ4v) is 6.10. The number of nitriles is 1. The molecule has 1 aliphatic heterocycles. The van der Waals surface area contributed by atoms with Gasteiger partial charge in [-0.2, -0.15) is 5.26 Å². The first kappa shape index (κ1) is 21.2. The van der Waals surface area contributed by atoms with Crippen molar-refractivity contribution in [3.8, 4) is 17.2 Å². The third-order valence-corrected chi connectivity index (χ3v) is 7.88. The number of benzene rings is 2. The molecule has 2 spiro atoms. The Hall–Kier alpha value is -2.68. The molecule has 0 amide bonds. The summed E-state index contributed by atoms with van der Waals surface area (Å²) in [6.07, 6.45) is 6.39. The minimum Gasteiger partial charge on any atom is -0.382 e. The van der Waals surface area contributed by atoms with Crippen molar-refractivity contribution in [2.75, 3.05) is 7.11 Å². The SMILES string of the molecule is COC1CCC2(CCc3ccc(-c4cc(Cl)cc(C#N)c4)cc3[C@@]23N=C(C)C(N)=N3)CC1. The number of nitrogens with zero attached hydrogens (tertiary/aromatic N) is 3. The molecule has 6 heteroatoms. The maximum atomic E-state index is 9.39. The van der Waals surface area contributed by atoms with Gasteiger partial charge in [0, 0.05) is 23.1 Å². The van der Waals surface area contributed by atoms with E-state index in [4.69, 9.17) is 32.1 Å². The molecular weight excluding hydrogens is 420 g/mol. The lowest BCUT2D eigenvalue weighted by molar-refractivity contribution is -0.0180. The number of rotatable bonds is 2. The summed E-state index contributed by atoms with van der Waals surface area (Å²) in [5, 5.41) is 9.94. The quantitative estimate of drug-likeness (QED) is 0.671. The zero-order valence-electron chi connectivity index (χ0n) is 18.5. The normalized spacial score (nSPS) is 28.9. The first-order chi connectivity index (χ1) is 15.4. The molecule has 3 aliphatic rings. The summed E-state index contributed by atoms with van der Waals surface area (Å²) in [6.45, 7) is 1.95. The Bertz CT molecular complexity index is 1170. The number of halogens is 1. The largest absolute Gasteiger partial charge is 0.382 e. The van der Waals surface area contributed by atoms with E-state index in [9.17, 15) is 5.26 Å². The number of hydrogen-bond donors (Lipinski definition) is 1. The Morgan fingerprint density at radius 3 is 2.53 bits per heavy atom. The van der Waals surface area contributed by atoms with Gasteiger partial charge < -0.3 is 10.5 Å². The molecule has 0 radical (unpaired) electrons. The van der Waals surface area contributed by atoms with Crippen LogP contribution in [0.5, 0.6) is 0 Å². The zero-order chi connectivity index (χ0) is 22.5. The van der Waals surface area contributed by atoms with E-state index in [-0.39, 0.29) is 5.41 Å². The van der Waals surface area contributed by atoms with Gasteiger partial charge in [0.2, 0.25) is 0 Å². The van der Waals surface area contributed by atoms with Gasteiger partial charge in [0.15, 0.2) is 5.66 Å². The standard InChI is InChI=1S/C26H27ClN4O/c1-16-24(29)31-26(30-16)23-14-19(20-11-17(15-28)12-21(27)13-20)4-3-18(23)5-8-25(26)9-6-22(32-2)7-10-25/h3-4,11-14,22H,5-10H2,1-2H3,(H2,29,31)/t22?,25?,26-/m0/s1. The van der Waals surface area contributed by atoms with Gasteiger partial charge in [0.1, 0.15) is 5.84 Å². The van der Waals surface area contributed by atoms with Crippen molar-refractivity contribution in [3.63, 3.8) is 0 Å². The highest BCUT2D eigenvalue weighted by Crippen LogP contribution is 2.60. The van der Waals surface area contributed by atoms with Crippen LogP contribution in [0.2, 0.25) is 5.02 Å². The maximum absolute atomic E-state index is 9.39. The predicted octanol–water partition coefficient (Wildman–Crippen LogP) is 5.38. The molecule has 2 N–H and O–H groups in total. The molecule has 1 atom stereocenters. The van der Waals surface area contributed by atoms with E-state index in [1.54, 1.807) is 13.2 Å². The van der Waals surface area contributed by atoms with Crippen LogP contribution in [0.1, 0.15) is 55.7 Å². The molecule has 2 aromatic carbocycles. The first-order valence-corrected chi connectivity index (χ1v) is 11.6. The van der Waals surface area contributed by atoms with Crippen LogP contribution in [0.4, 0.5) is 0 Å². The number of amidine groups is 1. The lowest BCUT2D eigenvalue weighted by Crippen LogP contribution is -2.49. The van der Waals surface area contributed by atoms with Crippen LogP contribution >= 0.6 is 11.6 Å². The van der Waals surface area contributed by atoms with E-state index in [0.717, 1.165) is 60.9 Å². The number of nitrogens with two attached hydrogens (primary N) is 1. The third-order valence-electron chi connectivity index (χ3n) is 7.66. The van der Waals surface area contributed by atoms with Crippen molar-refractivity contribution in [2.45, 2.75) is 57.2 Å². The fourth-order valence-electron chi connectivity index (χ4n) is 5.87. The number of hydrogen-bond acceptors (Lipinski definition) is 5. The molecule has 32 heavy (non-hydrogen) atoms. The molecule has 0 aromatic heterocycles. The van der Waals surface area contributed by atoms with Crippen molar-refractivity contribution in [3.05, 3.63) is 58.1 Å². The average Bonchev–Trinajstić information content (AvgIpc) is 3.12. The monoisotopic (exact) mass is 446 g/mol. The highest BCUT2D eigenvalue weighted by atomic mass is 35.5. The fraction of sp³-hybridized carbons (Fsp3) is 0.423. The van der Waals surface area contributed by atoms with Crippen molar-refractivity contribution >= 4 is 23.1 Å². The molecule has 1 heterocycles. The lowest BCUT2D eigenvalue weighted by Gasteiger charge is -2.52. The second-order valence-corrected chi connectivity index (χ2v) is 9.73. The van der Waals surface area contributed by atoms with E-state index in [1.165, 1.54) is 5.56 Å². The van der Waals surface area contributed by atoms with E-state index in [2.05, 4.69) is 24.3 Å². The Morgan fingerprint density at radius 2 is 1.88 bits per heavy atom. The number of aliphatic imine (C=N–C) groups is 2. The van der Waals surface area contributed by atoms with E-state index in [0.29, 0.717) is 22.5 Å². The van der Waals surface area contributed by atoms with Crippen molar-refractivity contribution in [1.82, 2.24) is 0 Å². The molecule has 2 aliphatic carbocycles. The van der Waals surface area contributed by atoms with E-state index in [1.807, 2.05) is 19.1 Å². The second-order valence-electron chi connectivity index (χ2n) is 9.29. The minimum absolute atomic E-state index is 0.0673. The molecule has 1 saturated carbocycles. The van der Waals surface area contributed by atoms with Gasteiger partial charge in [-0.05, 0) is 86.4 Å². The van der Waals surface area contributed by atoms with Crippen LogP contribution in [0.25, 0.3) is 11.1 Å². The third kappa shape index (κ3) is 3.17. The zero-order valence-corrected chi connectivity index (χ0v) is 19.2. The summed E-state index contributed by atoms with van der Waals surface area (Å²) in [4.78, 5) is 10.3. The highest BCUT2D eigenvalue weighted by Gasteiger charge is 2.58.